The smallest absolute Gasteiger partial charge is 0.262 e. The summed E-state index contributed by atoms with van der Waals surface area (Å²) in [4.78, 5) is 12.7. The maximum atomic E-state index is 12.9. The quantitative estimate of drug-likeness (QED) is 0.491. The number of rotatable bonds is 8. The van der Waals surface area contributed by atoms with Crippen LogP contribution in [0.5, 0.6) is 5.75 Å². The van der Waals surface area contributed by atoms with Crippen LogP contribution >= 0.6 is 0 Å². The van der Waals surface area contributed by atoms with Gasteiger partial charge in [-0.25, -0.2) is 8.42 Å². The Hall–Kier alpha value is -3.58. The second-order valence-electron chi connectivity index (χ2n) is 7.03. The number of carbonyl (C=O) groups excluding carboxylic acids is 1. The van der Waals surface area contributed by atoms with Gasteiger partial charge in [0.2, 0.25) is 0 Å². The second kappa shape index (κ2) is 9.49. The number of benzene rings is 3. The fourth-order valence-electron chi connectivity index (χ4n) is 2.94. The number of aryl methyl sites for hydroxylation is 2. The van der Waals surface area contributed by atoms with E-state index < -0.39 is 15.9 Å². The average molecular weight is 437 g/mol. The molecule has 0 radical (unpaired) electrons. The third-order valence-electron chi connectivity index (χ3n) is 4.49. The number of ether oxygens (including phenoxy) is 1. The van der Waals surface area contributed by atoms with Gasteiger partial charge in [0, 0.05) is 16.9 Å². The first-order valence-corrected chi connectivity index (χ1v) is 11.1. The minimum atomic E-state index is -3.86. The molecule has 3 aromatic carbocycles. The van der Waals surface area contributed by atoms with Crippen molar-refractivity contribution in [2.24, 2.45) is 0 Å². The van der Waals surface area contributed by atoms with Gasteiger partial charge < -0.3 is 10.1 Å². The molecule has 0 aliphatic rings. The number of sulfonamides is 1. The highest BCUT2D eigenvalue weighted by atomic mass is 32.2. The van der Waals surface area contributed by atoms with E-state index in [2.05, 4.69) is 16.6 Å². The highest BCUT2D eigenvalue weighted by Gasteiger charge is 2.19. The molecule has 0 unspecified atom stereocenters. The van der Waals surface area contributed by atoms with Gasteiger partial charge >= 0.3 is 0 Å². The summed E-state index contributed by atoms with van der Waals surface area (Å²) < 4.78 is 33.8. The monoisotopic (exact) mass is 436 g/mol. The van der Waals surface area contributed by atoms with E-state index in [1.54, 1.807) is 67.6 Å². The zero-order valence-corrected chi connectivity index (χ0v) is 18.2. The number of hydrogen-bond acceptors (Lipinski definition) is 4. The highest BCUT2D eigenvalue weighted by molar-refractivity contribution is 7.92. The summed E-state index contributed by atoms with van der Waals surface area (Å²) in [5.41, 5.74) is 2.75. The molecule has 2 N–H and O–H groups in total. The van der Waals surface area contributed by atoms with Crippen molar-refractivity contribution < 1.29 is 17.9 Å². The van der Waals surface area contributed by atoms with Crippen LogP contribution in [0.2, 0.25) is 0 Å². The molecule has 0 fully saturated rings. The molecule has 0 aliphatic heterocycles. The summed E-state index contributed by atoms with van der Waals surface area (Å²) in [5, 5.41) is 2.77. The highest BCUT2D eigenvalue weighted by Crippen LogP contribution is 2.22. The summed E-state index contributed by atoms with van der Waals surface area (Å²) in [6.45, 7) is 7.56. The van der Waals surface area contributed by atoms with Crippen molar-refractivity contribution >= 4 is 27.3 Å². The van der Waals surface area contributed by atoms with Crippen LogP contribution in [0, 0.1) is 13.8 Å². The van der Waals surface area contributed by atoms with Crippen molar-refractivity contribution in [3.63, 3.8) is 0 Å². The van der Waals surface area contributed by atoms with E-state index in [-0.39, 0.29) is 10.5 Å². The van der Waals surface area contributed by atoms with E-state index in [9.17, 15) is 13.2 Å². The second-order valence-corrected chi connectivity index (χ2v) is 8.68. The molecule has 1 amide bonds. The third kappa shape index (κ3) is 5.73. The lowest BCUT2D eigenvalue weighted by Gasteiger charge is -2.13. The van der Waals surface area contributed by atoms with Gasteiger partial charge in [-0.3, -0.25) is 9.52 Å². The Bertz CT molecular complexity index is 1200. The van der Waals surface area contributed by atoms with Crippen LogP contribution in [0.15, 0.2) is 84.3 Å². The predicted octanol–water partition coefficient (Wildman–Crippen LogP) is 4.92. The predicted molar refractivity (Wildman–Crippen MR) is 123 cm³/mol. The topological polar surface area (TPSA) is 84.5 Å². The van der Waals surface area contributed by atoms with E-state index in [4.69, 9.17) is 4.74 Å². The van der Waals surface area contributed by atoms with Crippen LogP contribution in [-0.2, 0) is 10.0 Å². The lowest BCUT2D eigenvalue weighted by Crippen LogP contribution is -2.17. The van der Waals surface area contributed by atoms with Gasteiger partial charge in [0.25, 0.3) is 15.9 Å². The Kier molecular flexibility index (Phi) is 6.77. The van der Waals surface area contributed by atoms with Gasteiger partial charge in [0.05, 0.1) is 4.90 Å². The molecule has 6 nitrogen and oxygen atoms in total. The Morgan fingerprint density at radius 1 is 1.00 bits per heavy atom. The lowest BCUT2D eigenvalue weighted by atomic mass is 10.1. The SMILES string of the molecule is C=CCOc1ccc(NC(=O)c2ccc(C)c(S(=O)(=O)Nc3cccc(C)c3)c2)cc1. The first-order valence-electron chi connectivity index (χ1n) is 9.64. The van der Waals surface area contributed by atoms with Crippen molar-refractivity contribution in [1.82, 2.24) is 0 Å². The molecule has 0 saturated carbocycles. The molecule has 0 spiro atoms. The van der Waals surface area contributed by atoms with E-state index in [0.717, 1.165) is 5.56 Å². The van der Waals surface area contributed by atoms with Crippen molar-refractivity contribution in [3.8, 4) is 5.75 Å². The minimum absolute atomic E-state index is 0.0508. The molecule has 0 bridgehead atoms. The number of amides is 1. The summed E-state index contributed by atoms with van der Waals surface area (Å²) in [7, 11) is -3.86. The van der Waals surface area contributed by atoms with Gasteiger partial charge in [0.15, 0.2) is 0 Å². The molecule has 0 heterocycles. The Labute approximate surface area is 182 Å². The molecule has 0 atom stereocenters. The van der Waals surface area contributed by atoms with Crippen LogP contribution in [0.25, 0.3) is 0 Å². The number of hydrogen-bond donors (Lipinski definition) is 2. The Morgan fingerprint density at radius 2 is 1.74 bits per heavy atom. The molecule has 160 valence electrons. The molecule has 7 heteroatoms. The first kappa shape index (κ1) is 22.1. The summed E-state index contributed by atoms with van der Waals surface area (Å²) in [6, 6.07) is 18.6. The van der Waals surface area contributed by atoms with Crippen molar-refractivity contribution in [1.29, 1.82) is 0 Å². The van der Waals surface area contributed by atoms with Crippen molar-refractivity contribution in [3.05, 3.63) is 96.1 Å². The fourth-order valence-corrected chi connectivity index (χ4v) is 4.26. The molecular formula is C24H24N2O4S. The number of anilines is 2. The maximum absolute atomic E-state index is 12.9. The van der Waals surface area contributed by atoms with Gasteiger partial charge in [-0.05, 0) is 73.5 Å². The van der Waals surface area contributed by atoms with Crippen LogP contribution in [-0.4, -0.2) is 20.9 Å². The van der Waals surface area contributed by atoms with Gasteiger partial charge in [0.1, 0.15) is 12.4 Å². The number of carbonyl (C=O) groups is 1. The molecular weight excluding hydrogens is 412 g/mol. The maximum Gasteiger partial charge on any atom is 0.262 e. The van der Waals surface area contributed by atoms with E-state index >= 15 is 0 Å². The third-order valence-corrected chi connectivity index (χ3v) is 6.01. The average Bonchev–Trinajstić information content (AvgIpc) is 2.73. The zero-order valence-electron chi connectivity index (χ0n) is 17.4. The van der Waals surface area contributed by atoms with Crippen LogP contribution in [0.3, 0.4) is 0 Å². The van der Waals surface area contributed by atoms with Crippen LogP contribution in [0.4, 0.5) is 11.4 Å². The molecule has 3 aromatic rings. The van der Waals surface area contributed by atoms with Gasteiger partial charge in [-0.15, -0.1) is 0 Å². The largest absolute Gasteiger partial charge is 0.490 e. The van der Waals surface area contributed by atoms with Gasteiger partial charge in [-0.2, -0.15) is 0 Å². The normalized spacial score (nSPS) is 10.9. The van der Waals surface area contributed by atoms with Gasteiger partial charge in [-0.1, -0.05) is 30.9 Å². The van der Waals surface area contributed by atoms with Crippen molar-refractivity contribution in [2.45, 2.75) is 18.7 Å². The van der Waals surface area contributed by atoms with E-state index in [1.807, 2.05) is 13.0 Å². The summed E-state index contributed by atoms with van der Waals surface area (Å²) in [6.07, 6.45) is 1.65. The molecule has 0 aliphatic carbocycles. The van der Waals surface area contributed by atoms with Crippen LogP contribution < -0.4 is 14.8 Å². The fraction of sp³-hybridized carbons (Fsp3) is 0.125. The van der Waals surface area contributed by atoms with Crippen LogP contribution in [0.1, 0.15) is 21.5 Å². The summed E-state index contributed by atoms with van der Waals surface area (Å²) in [5.74, 6) is 0.246. The number of nitrogens with one attached hydrogen (secondary N) is 2. The summed E-state index contributed by atoms with van der Waals surface area (Å²) >= 11 is 0. The van der Waals surface area contributed by atoms with E-state index in [1.165, 1.54) is 6.07 Å². The van der Waals surface area contributed by atoms with Crippen molar-refractivity contribution in [2.75, 3.05) is 16.6 Å². The van der Waals surface area contributed by atoms with E-state index in [0.29, 0.717) is 29.3 Å². The lowest BCUT2D eigenvalue weighted by molar-refractivity contribution is 0.102. The molecule has 3 rings (SSSR count). The molecule has 0 saturated heterocycles. The Balaban J connectivity index is 1.79. The molecule has 0 aromatic heterocycles. The molecule has 31 heavy (non-hydrogen) atoms. The zero-order chi connectivity index (χ0) is 22.4. The first-order chi connectivity index (χ1) is 14.8. The minimum Gasteiger partial charge on any atom is -0.490 e. The standard InChI is InChI=1S/C24H24N2O4S/c1-4-14-30-22-12-10-20(11-13-22)25-24(27)19-9-8-18(3)23(16-19)31(28,29)26-21-7-5-6-17(2)15-21/h4-13,15-16,26H,1,14H2,2-3H3,(H,25,27). The Morgan fingerprint density at radius 3 is 2.42 bits per heavy atom.